The summed E-state index contributed by atoms with van der Waals surface area (Å²) >= 11 is 1.44. The number of allylic oxidation sites excluding steroid dienone is 1. The highest BCUT2D eigenvalue weighted by atomic mass is 32.2. The van der Waals surface area contributed by atoms with Crippen LogP contribution in [0.5, 0.6) is 0 Å². The zero-order valence-corrected chi connectivity index (χ0v) is 22.2. The number of benzene rings is 2. The number of hydrogen-bond acceptors (Lipinski definition) is 5. The van der Waals surface area contributed by atoms with Crippen LogP contribution in [-0.4, -0.2) is 48.3 Å². The van der Waals surface area contributed by atoms with Gasteiger partial charge >= 0.3 is 0 Å². The summed E-state index contributed by atoms with van der Waals surface area (Å²) in [6.07, 6.45) is 6.20. The lowest BCUT2D eigenvalue weighted by Gasteiger charge is -2.43. The van der Waals surface area contributed by atoms with Crippen LogP contribution in [0.2, 0.25) is 0 Å². The highest BCUT2D eigenvalue weighted by Gasteiger charge is 2.34. The predicted octanol–water partition coefficient (Wildman–Crippen LogP) is 6.74. The number of ether oxygens (including phenoxy) is 1. The number of carbonyl (C=O) groups excluding carboxylic acids is 1. The quantitative estimate of drug-likeness (QED) is 0.304. The van der Waals surface area contributed by atoms with Crippen LogP contribution in [0.3, 0.4) is 0 Å². The molecule has 0 radical (unpaired) electrons. The molecule has 2 heterocycles. The van der Waals surface area contributed by atoms with Crippen molar-refractivity contribution in [1.29, 1.82) is 0 Å². The molecule has 0 unspecified atom stereocenters. The Morgan fingerprint density at radius 3 is 2.60 bits per heavy atom. The third kappa shape index (κ3) is 5.54. The number of methoxy groups -OCH3 is 1. The maximum absolute atomic E-state index is 13.4. The Bertz CT molecular complexity index is 1170. The minimum Gasteiger partial charge on any atom is -0.385 e. The third-order valence-electron chi connectivity index (χ3n) is 6.35. The van der Waals surface area contributed by atoms with Crippen molar-refractivity contribution in [2.75, 3.05) is 31.7 Å². The molecule has 2 aliphatic heterocycles. The van der Waals surface area contributed by atoms with Crippen LogP contribution >= 0.6 is 11.8 Å². The lowest BCUT2D eigenvalue weighted by Crippen LogP contribution is -2.45. The normalized spacial score (nSPS) is 19.5. The second-order valence-corrected chi connectivity index (χ2v) is 10.6. The third-order valence-corrected chi connectivity index (χ3v) is 7.35. The van der Waals surface area contributed by atoms with Gasteiger partial charge in [-0.1, -0.05) is 37.3 Å². The molecule has 35 heavy (non-hydrogen) atoms. The van der Waals surface area contributed by atoms with Crippen LogP contribution in [0.15, 0.2) is 64.5 Å². The van der Waals surface area contributed by atoms with Gasteiger partial charge in [0.25, 0.3) is 5.91 Å². The van der Waals surface area contributed by atoms with Gasteiger partial charge in [-0.05, 0) is 86.9 Å². The Hall–Kier alpha value is -2.83. The lowest BCUT2D eigenvalue weighted by atomic mass is 9.88. The van der Waals surface area contributed by atoms with Crippen LogP contribution in [0.1, 0.15) is 51.7 Å². The number of nitrogens with zero attached hydrogens (tertiary/aromatic N) is 3. The van der Waals surface area contributed by atoms with Crippen LogP contribution in [0.25, 0.3) is 11.6 Å². The zero-order chi connectivity index (χ0) is 25.0. The molecule has 1 amide bonds. The molecule has 2 aromatic carbocycles. The van der Waals surface area contributed by atoms with Crippen molar-refractivity contribution in [2.24, 2.45) is 4.99 Å². The molecule has 5 nitrogen and oxygen atoms in total. The molecule has 0 aromatic heterocycles. The molecule has 0 atom stereocenters. The van der Waals surface area contributed by atoms with Crippen molar-refractivity contribution in [2.45, 2.75) is 46.1 Å². The fraction of sp³-hybridized carbons (Fsp3) is 0.379. The van der Waals surface area contributed by atoms with E-state index in [1.807, 2.05) is 36.4 Å². The van der Waals surface area contributed by atoms with E-state index in [0.717, 1.165) is 30.6 Å². The van der Waals surface area contributed by atoms with Crippen molar-refractivity contribution in [3.05, 3.63) is 70.6 Å². The SMILES string of the molecule is CCCN1c2ccc(/C=C3/SC(=Nc4ccccc4)N(CCCOC)C3=O)cc2C(C)=CC1(C)C. The van der Waals surface area contributed by atoms with E-state index in [0.29, 0.717) is 23.2 Å². The van der Waals surface area contributed by atoms with Gasteiger partial charge in [0.2, 0.25) is 0 Å². The maximum atomic E-state index is 13.4. The number of para-hydroxylation sites is 1. The van der Waals surface area contributed by atoms with Crippen molar-refractivity contribution in [1.82, 2.24) is 4.90 Å². The largest absolute Gasteiger partial charge is 0.385 e. The highest BCUT2D eigenvalue weighted by molar-refractivity contribution is 8.18. The van der Waals surface area contributed by atoms with Crippen molar-refractivity contribution < 1.29 is 9.53 Å². The standard InChI is InChI=1S/C29H35N3O2S/c1-6-15-32-25-14-13-22(18-24(25)21(2)20-29(32,3)4)19-26-27(33)31(16-10-17-34-5)28(35-26)30-23-11-8-7-9-12-23/h7-9,11-14,18-20H,6,10,15-17H2,1-5H3/b26-19+,30-28?. The average Bonchev–Trinajstić information content (AvgIpc) is 3.11. The van der Waals surface area contributed by atoms with Gasteiger partial charge in [-0.3, -0.25) is 9.69 Å². The first kappa shape index (κ1) is 25.3. The van der Waals surface area contributed by atoms with Gasteiger partial charge in [0.05, 0.1) is 16.1 Å². The van der Waals surface area contributed by atoms with Crippen LogP contribution in [-0.2, 0) is 9.53 Å². The van der Waals surface area contributed by atoms with Crippen LogP contribution < -0.4 is 4.90 Å². The number of aliphatic imine (C=N–C) groups is 1. The summed E-state index contributed by atoms with van der Waals surface area (Å²) in [5, 5.41) is 0.716. The zero-order valence-electron chi connectivity index (χ0n) is 21.4. The molecule has 1 saturated heterocycles. The fourth-order valence-electron chi connectivity index (χ4n) is 4.74. The van der Waals surface area contributed by atoms with Crippen LogP contribution in [0.4, 0.5) is 11.4 Å². The Morgan fingerprint density at radius 2 is 1.89 bits per heavy atom. The summed E-state index contributed by atoms with van der Waals surface area (Å²) in [4.78, 5) is 23.1. The predicted molar refractivity (Wildman–Crippen MR) is 149 cm³/mol. The lowest BCUT2D eigenvalue weighted by molar-refractivity contribution is -0.122. The van der Waals surface area contributed by atoms with Gasteiger partial charge in [0.1, 0.15) is 0 Å². The van der Waals surface area contributed by atoms with Gasteiger partial charge in [0, 0.05) is 38.1 Å². The Labute approximate surface area is 213 Å². The summed E-state index contributed by atoms with van der Waals surface area (Å²) in [6, 6.07) is 16.3. The number of rotatable bonds is 8. The van der Waals surface area contributed by atoms with E-state index >= 15 is 0 Å². The summed E-state index contributed by atoms with van der Waals surface area (Å²) in [5.41, 5.74) is 5.62. The average molecular weight is 490 g/mol. The second-order valence-electron chi connectivity index (χ2n) is 9.55. The van der Waals surface area contributed by atoms with Gasteiger partial charge in [-0.2, -0.15) is 0 Å². The van der Waals surface area contributed by atoms with Crippen LogP contribution in [0, 0.1) is 0 Å². The molecule has 0 bridgehead atoms. The van der Waals surface area contributed by atoms with E-state index in [1.165, 1.54) is 28.6 Å². The first-order valence-electron chi connectivity index (χ1n) is 12.3. The number of amides is 1. The molecule has 0 saturated carbocycles. The number of thioether (sulfide) groups is 1. The van der Waals surface area contributed by atoms with Gasteiger partial charge in [-0.15, -0.1) is 0 Å². The maximum Gasteiger partial charge on any atom is 0.266 e. The van der Waals surface area contributed by atoms with Gasteiger partial charge in [-0.25, -0.2) is 4.99 Å². The van der Waals surface area contributed by atoms with E-state index in [2.05, 4.69) is 56.9 Å². The molecule has 184 valence electrons. The van der Waals surface area contributed by atoms with Gasteiger partial charge < -0.3 is 9.64 Å². The molecule has 0 spiro atoms. The molecular formula is C29H35N3O2S. The van der Waals surface area contributed by atoms with E-state index in [9.17, 15) is 4.79 Å². The minimum absolute atomic E-state index is 0.000452. The Morgan fingerprint density at radius 1 is 1.11 bits per heavy atom. The van der Waals surface area contributed by atoms with E-state index in [4.69, 9.17) is 9.73 Å². The topological polar surface area (TPSA) is 45.1 Å². The molecular weight excluding hydrogens is 454 g/mol. The highest BCUT2D eigenvalue weighted by Crippen LogP contribution is 2.40. The first-order chi connectivity index (χ1) is 16.8. The van der Waals surface area contributed by atoms with Crippen molar-refractivity contribution >= 4 is 45.9 Å². The molecule has 1 fully saturated rings. The van der Waals surface area contributed by atoms with E-state index < -0.39 is 0 Å². The van der Waals surface area contributed by atoms with E-state index in [-0.39, 0.29) is 11.4 Å². The molecule has 0 N–H and O–H groups in total. The monoisotopic (exact) mass is 489 g/mol. The van der Waals surface area contributed by atoms with Gasteiger partial charge in [0.15, 0.2) is 5.17 Å². The fourth-order valence-corrected chi connectivity index (χ4v) is 5.77. The summed E-state index contributed by atoms with van der Waals surface area (Å²) < 4.78 is 5.21. The minimum atomic E-state index is -0.0180. The summed E-state index contributed by atoms with van der Waals surface area (Å²) in [6.45, 7) is 11.1. The van der Waals surface area contributed by atoms with E-state index in [1.54, 1.807) is 12.0 Å². The number of anilines is 1. The number of hydrogen-bond donors (Lipinski definition) is 0. The molecule has 0 aliphatic carbocycles. The van der Waals surface area contributed by atoms with Crippen molar-refractivity contribution in [3.63, 3.8) is 0 Å². The second kappa shape index (κ2) is 10.8. The summed E-state index contributed by atoms with van der Waals surface area (Å²) in [7, 11) is 1.68. The number of carbonyl (C=O) groups is 1. The molecule has 4 rings (SSSR count). The molecule has 2 aliphatic rings. The molecule has 2 aromatic rings. The molecule has 6 heteroatoms. The number of amidine groups is 1. The Balaban J connectivity index is 1.67. The van der Waals surface area contributed by atoms with Crippen molar-refractivity contribution in [3.8, 4) is 0 Å². The smallest absolute Gasteiger partial charge is 0.266 e. The Kier molecular flexibility index (Phi) is 7.82. The first-order valence-corrected chi connectivity index (χ1v) is 13.1. The number of fused-ring (bicyclic) bond motifs is 1. The summed E-state index contributed by atoms with van der Waals surface area (Å²) in [5.74, 6) is -0.000452.